The van der Waals surface area contributed by atoms with Gasteiger partial charge in [-0.25, -0.2) is 9.59 Å². The van der Waals surface area contributed by atoms with E-state index in [0.717, 1.165) is 60.2 Å². The van der Waals surface area contributed by atoms with Gasteiger partial charge in [0.05, 0.1) is 0 Å². The van der Waals surface area contributed by atoms with Gasteiger partial charge < -0.3 is 13.9 Å². The van der Waals surface area contributed by atoms with Crippen LogP contribution in [0, 0.1) is 46.3 Å². The fraction of sp³-hybridized carbons (Fsp3) is 0.684. The summed E-state index contributed by atoms with van der Waals surface area (Å²) in [5.74, 6) is 5.10. The zero-order valence-electron chi connectivity index (χ0n) is 27.0. The highest BCUT2D eigenvalue weighted by atomic mass is 16.6. The molecule has 0 radical (unpaired) electrons. The van der Waals surface area contributed by atoms with E-state index in [1.54, 1.807) is 18.2 Å². The summed E-state index contributed by atoms with van der Waals surface area (Å²) in [7, 11) is 0. The molecule has 1 aromatic carbocycles. The van der Waals surface area contributed by atoms with Gasteiger partial charge in [-0.3, -0.25) is 0 Å². The Bertz CT molecular complexity index is 1400. The monoisotopic (exact) mass is 588 g/mol. The second-order valence-electron chi connectivity index (χ2n) is 15.4. The molecule has 234 valence electrons. The molecule has 5 nitrogen and oxygen atoms in total. The zero-order valence-corrected chi connectivity index (χ0v) is 27.0. The van der Waals surface area contributed by atoms with E-state index < -0.39 is 5.63 Å². The number of hydrogen-bond acceptors (Lipinski definition) is 5. The predicted octanol–water partition coefficient (Wildman–Crippen LogP) is 9.13. The van der Waals surface area contributed by atoms with Gasteiger partial charge in [-0.1, -0.05) is 65.5 Å². The molecule has 1 heterocycles. The molecule has 3 fully saturated rings. The van der Waals surface area contributed by atoms with Crippen LogP contribution < -0.4 is 10.4 Å². The Hall–Kier alpha value is -2.56. The molecule has 4 aliphatic carbocycles. The van der Waals surface area contributed by atoms with Crippen molar-refractivity contribution in [2.75, 3.05) is 6.61 Å². The Balaban J connectivity index is 1.05. The Morgan fingerprint density at radius 1 is 1.00 bits per heavy atom. The van der Waals surface area contributed by atoms with Gasteiger partial charge in [0.2, 0.25) is 0 Å². The maximum absolute atomic E-state index is 12.8. The number of allylic oxidation sites excluding steroid dienone is 1. The quantitative estimate of drug-likeness (QED) is 0.166. The second kappa shape index (κ2) is 12.1. The minimum atomic E-state index is -0.409. The number of rotatable bonds is 9. The molecule has 5 heteroatoms. The SMILES string of the molecule is CC(C)CCC[C@@H](C)[C@H]1CC[C@@H]2[C@H]3CC=C4C[C@@H](OC(=O)COc5ccc6ccc(=O)oc6c5)CC[C@]4(C)[C@@H]3CC[C@@]21C. The summed E-state index contributed by atoms with van der Waals surface area (Å²) in [6.45, 7) is 12.3. The summed E-state index contributed by atoms with van der Waals surface area (Å²) in [5, 5.41) is 0.810. The first kappa shape index (κ1) is 30.5. The molecule has 6 rings (SSSR count). The van der Waals surface area contributed by atoms with Gasteiger partial charge in [-0.15, -0.1) is 0 Å². The molecule has 0 spiro atoms. The summed E-state index contributed by atoms with van der Waals surface area (Å²) in [6.07, 6.45) is 16.3. The van der Waals surface area contributed by atoms with Gasteiger partial charge in [-0.2, -0.15) is 0 Å². The van der Waals surface area contributed by atoms with E-state index in [2.05, 4.69) is 40.7 Å². The van der Waals surface area contributed by atoms with Crippen molar-refractivity contribution in [3.63, 3.8) is 0 Å². The van der Waals surface area contributed by atoms with E-state index in [0.29, 0.717) is 16.7 Å². The highest BCUT2D eigenvalue weighted by Gasteiger charge is 2.59. The van der Waals surface area contributed by atoms with E-state index in [9.17, 15) is 9.59 Å². The Morgan fingerprint density at radius 2 is 1.81 bits per heavy atom. The molecule has 1 aromatic heterocycles. The molecule has 0 N–H and O–H groups in total. The first-order valence-corrected chi connectivity index (χ1v) is 17.1. The Labute approximate surface area is 257 Å². The number of ether oxygens (including phenoxy) is 2. The average Bonchev–Trinajstić information content (AvgIpc) is 3.33. The van der Waals surface area contributed by atoms with Crippen LogP contribution in [0.2, 0.25) is 0 Å². The van der Waals surface area contributed by atoms with Crippen LogP contribution in [-0.2, 0) is 9.53 Å². The number of carbonyl (C=O) groups is 1. The van der Waals surface area contributed by atoms with Gasteiger partial charge in [0, 0.05) is 23.9 Å². The van der Waals surface area contributed by atoms with E-state index in [1.807, 2.05) is 6.07 Å². The van der Waals surface area contributed by atoms with Crippen LogP contribution in [0.25, 0.3) is 11.0 Å². The number of esters is 1. The lowest BCUT2D eigenvalue weighted by Crippen LogP contribution is -2.51. The maximum atomic E-state index is 12.8. The first-order valence-electron chi connectivity index (χ1n) is 17.1. The molecule has 4 aliphatic rings. The van der Waals surface area contributed by atoms with Crippen LogP contribution in [0.4, 0.5) is 0 Å². The van der Waals surface area contributed by atoms with Gasteiger partial charge in [0.1, 0.15) is 17.4 Å². The molecule has 0 saturated heterocycles. The van der Waals surface area contributed by atoms with Crippen molar-refractivity contribution in [3.8, 4) is 5.75 Å². The normalized spacial score (nSPS) is 34.2. The minimum absolute atomic E-state index is 0.0852. The average molecular weight is 589 g/mol. The Morgan fingerprint density at radius 3 is 2.63 bits per heavy atom. The van der Waals surface area contributed by atoms with E-state index >= 15 is 0 Å². The highest BCUT2D eigenvalue weighted by Crippen LogP contribution is 2.67. The lowest BCUT2D eigenvalue weighted by Gasteiger charge is -2.58. The van der Waals surface area contributed by atoms with Crippen LogP contribution in [0.3, 0.4) is 0 Å². The van der Waals surface area contributed by atoms with Crippen molar-refractivity contribution in [3.05, 3.63) is 52.4 Å². The molecule has 0 bridgehead atoms. The van der Waals surface area contributed by atoms with E-state index in [4.69, 9.17) is 13.9 Å². The highest BCUT2D eigenvalue weighted by molar-refractivity contribution is 5.78. The summed E-state index contributed by atoms with van der Waals surface area (Å²) < 4.78 is 16.9. The van der Waals surface area contributed by atoms with Crippen molar-refractivity contribution in [1.29, 1.82) is 0 Å². The van der Waals surface area contributed by atoms with Crippen LogP contribution in [0.1, 0.15) is 105 Å². The third kappa shape index (κ3) is 5.94. The van der Waals surface area contributed by atoms with Gasteiger partial charge in [0.15, 0.2) is 6.61 Å². The van der Waals surface area contributed by atoms with Crippen molar-refractivity contribution >= 4 is 16.9 Å². The molecule has 0 aliphatic heterocycles. The summed E-state index contributed by atoms with van der Waals surface area (Å²) in [6, 6.07) is 8.35. The molecule has 2 aromatic rings. The molecule has 0 unspecified atom stereocenters. The largest absolute Gasteiger partial charge is 0.482 e. The van der Waals surface area contributed by atoms with Crippen molar-refractivity contribution in [1.82, 2.24) is 0 Å². The third-order valence-corrected chi connectivity index (χ3v) is 12.5. The number of carbonyl (C=O) groups excluding carboxylic acids is 1. The Kier molecular flexibility index (Phi) is 8.56. The number of hydrogen-bond donors (Lipinski definition) is 0. The maximum Gasteiger partial charge on any atom is 0.344 e. The molecular weight excluding hydrogens is 536 g/mol. The van der Waals surface area contributed by atoms with E-state index in [1.165, 1.54) is 63.0 Å². The summed E-state index contributed by atoms with van der Waals surface area (Å²) >= 11 is 0. The predicted molar refractivity (Wildman–Crippen MR) is 171 cm³/mol. The first-order chi connectivity index (χ1) is 20.6. The second-order valence-corrected chi connectivity index (χ2v) is 15.4. The molecular formula is C38H52O5. The third-order valence-electron chi connectivity index (χ3n) is 12.5. The standard InChI is InChI=1S/C38H52O5/c1-24(2)7-6-8-25(3)31-14-15-32-30-13-11-27-21-29(17-19-37(27,4)33(30)18-20-38(31,32)5)42-36(40)23-41-28-12-9-26-10-16-35(39)43-34(26)22-28/h9-12,16,22,24-25,29-33H,6-8,13-15,17-21,23H2,1-5H3/t25-,29+,30-,31-,32-,33-,37+,38-/m1/s1. The zero-order chi connectivity index (χ0) is 30.4. The van der Waals surface area contributed by atoms with E-state index in [-0.39, 0.29) is 24.1 Å². The van der Waals surface area contributed by atoms with Crippen LogP contribution in [0.15, 0.2) is 51.2 Å². The molecule has 43 heavy (non-hydrogen) atoms. The number of benzene rings is 1. The number of fused-ring (bicyclic) bond motifs is 6. The summed E-state index contributed by atoms with van der Waals surface area (Å²) in [5.41, 5.74) is 2.31. The van der Waals surface area contributed by atoms with Crippen LogP contribution >= 0.6 is 0 Å². The van der Waals surface area contributed by atoms with Gasteiger partial charge in [-0.05, 0) is 109 Å². The summed E-state index contributed by atoms with van der Waals surface area (Å²) in [4.78, 5) is 24.3. The molecule has 8 atom stereocenters. The minimum Gasteiger partial charge on any atom is -0.482 e. The van der Waals surface area contributed by atoms with Crippen LogP contribution in [0.5, 0.6) is 5.75 Å². The molecule has 3 saturated carbocycles. The molecule has 0 amide bonds. The topological polar surface area (TPSA) is 65.7 Å². The smallest absolute Gasteiger partial charge is 0.344 e. The van der Waals surface area contributed by atoms with Crippen LogP contribution in [-0.4, -0.2) is 18.7 Å². The lowest BCUT2D eigenvalue weighted by molar-refractivity contribution is -0.153. The van der Waals surface area contributed by atoms with Crippen molar-refractivity contribution in [2.24, 2.45) is 46.3 Å². The fourth-order valence-electron chi connectivity index (χ4n) is 10.2. The fourth-order valence-corrected chi connectivity index (χ4v) is 10.2. The van der Waals surface area contributed by atoms with Gasteiger partial charge in [0.25, 0.3) is 0 Å². The van der Waals surface area contributed by atoms with Crippen molar-refractivity contribution in [2.45, 2.75) is 111 Å². The lowest BCUT2D eigenvalue weighted by atomic mass is 9.47. The van der Waals surface area contributed by atoms with Crippen molar-refractivity contribution < 1.29 is 18.7 Å². The van der Waals surface area contributed by atoms with Gasteiger partial charge >= 0.3 is 11.6 Å².